The third-order valence-corrected chi connectivity index (χ3v) is 3.40. The van der Waals surface area contributed by atoms with Gasteiger partial charge in [0.1, 0.15) is 10.7 Å². The fraction of sp³-hybridized carbons (Fsp3) is 0.231. The number of amides is 2. The minimum atomic E-state index is -0.590. The van der Waals surface area contributed by atoms with Gasteiger partial charge in [0.25, 0.3) is 5.91 Å². The van der Waals surface area contributed by atoms with E-state index >= 15 is 0 Å². The lowest BCUT2D eigenvalue weighted by atomic mass is 10.2. The van der Waals surface area contributed by atoms with Crippen LogP contribution in [0.2, 0.25) is 0 Å². The smallest absolute Gasteiger partial charge is 0.269 e. The van der Waals surface area contributed by atoms with Crippen LogP contribution in [0.4, 0.5) is 15.8 Å². The zero-order chi connectivity index (χ0) is 15.4. The van der Waals surface area contributed by atoms with Gasteiger partial charge < -0.3 is 10.6 Å². The van der Waals surface area contributed by atoms with Crippen LogP contribution >= 0.6 is 11.5 Å². The number of anilines is 2. The molecule has 110 valence electrons. The van der Waals surface area contributed by atoms with E-state index in [9.17, 15) is 14.0 Å². The number of hydrogen-bond donors (Lipinski definition) is 2. The van der Waals surface area contributed by atoms with Crippen molar-refractivity contribution < 1.29 is 14.0 Å². The topological polar surface area (TPSA) is 84.0 Å². The van der Waals surface area contributed by atoms with E-state index in [1.165, 1.54) is 25.1 Å². The highest BCUT2D eigenvalue weighted by molar-refractivity contribution is 7.08. The van der Waals surface area contributed by atoms with Crippen LogP contribution < -0.4 is 10.6 Å². The van der Waals surface area contributed by atoms with E-state index in [2.05, 4.69) is 20.2 Å². The predicted molar refractivity (Wildman–Crippen MR) is 77.9 cm³/mol. The molecule has 2 N–H and O–H groups in total. The van der Waals surface area contributed by atoms with E-state index in [0.29, 0.717) is 22.7 Å². The van der Waals surface area contributed by atoms with Gasteiger partial charge in [-0.1, -0.05) is 11.4 Å². The zero-order valence-corrected chi connectivity index (χ0v) is 12.3. The molecule has 0 aliphatic rings. The van der Waals surface area contributed by atoms with Crippen LogP contribution in [0.5, 0.6) is 0 Å². The molecule has 0 aliphatic heterocycles. The first-order valence-corrected chi connectivity index (χ1v) is 6.98. The number of benzene rings is 1. The molecule has 1 aromatic heterocycles. The maximum absolute atomic E-state index is 13.7. The molecule has 2 aromatic rings. The number of halogens is 1. The summed E-state index contributed by atoms with van der Waals surface area (Å²) in [6.45, 7) is 3.20. The van der Waals surface area contributed by atoms with Crippen LogP contribution in [0.25, 0.3) is 0 Å². The van der Waals surface area contributed by atoms with E-state index < -0.39 is 11.7 Å². The monoisotopic (exact) mass is 308 g/mol. The van der Waals surface area contributed by atoms with Gasteiger partial charge in [0, 0.05) is 12.6 Å². The van der Waals surface area contributed by atoms with Gasteiger partial charge in [0.2, 0.25) is 5.91 Å². The average molecular weight is 308 g/mol. The summed E-state index contributed by atoms with van der Waals surface area (Å²) in [5, 5.41) is 8.82. The summed E-state index contributed by atoms with van der Waals surface area (Å²) in [4.78, 5) is 23.4. The quantitative estimate of drug-likeness (QED) is 0.908. The van der Waals surface area contributed by atoms with Gasteiger partial charge in [0.15, 0.2) is 0 Å². The molecule has 0 bridgehead atoms. The largest absolute Gasteiger partial charge is 0.326 e. The Morgan fingerprint density at radius 2 is 2.10 bits per heavy atom. The molecule has 6 nitrogen and oxygen atoms in total. The summed E-state index contributed by atoms with van der Waals surface area (Å²) >= 11 is 0.957. The summed E-state index contributed by atoms with van der Waals surface area (Å²) in [5.41, 5.74) is 0.954. The summed E-state index contributed by atoms with van der Waals surface area (Å²) < 4.78 is 17.5. The van der Waals surface area contributed by atoms with E-state index in [4.69, 9.17) is 0 Å². The number of carbonyl (C=O) groups excluding carboxylic acids is 2. The van der Waals surface area contributed by atoms with Crippen LogP contribution in [-0.2, 0) is 11.2 Å². The molecule has 0 unspecified atom stereocenters. The Balaban J connectivity index is 2.22. The lowest BCUT2D eigenvalue weighted by molar-refractivity contribution is -0.114. The molecule has 0 spiro atoms. The fourth-order valence-electron chi connectivity index (χ4n) is 1.69. The SMILES string of the molecule is CCc1nnsc1C(=O)Nc1cc(NC(C)=O)ccc1F. The normalized spacial score (nSPS) is 10.2. The molecule has 0 aliphatic carbocycles. The molecule has 0 atom stereocenters. The second-order valence-electron chi connectivity index (χ2n) is 4.23. The third kappa shape index (κ3) is 3.60. The number of rotatable bonds is 4. The van der Waals surface area contributed by atoms with E-state index in [1.807, 2.05) is 6.92 Å². The van der Waals surface area contributed by atoms with Crippen molar-refractivity contribution in [2.45, 2.75) is 20.3 Å². The van der Waals surface area contributed by atoms with E-state index in [0.717, 1.165) is 11.5 Å². The third-order valence-electron chi connectivity index (χ3n) is 2.63. The van der Waals surface area contributed by atoms with Gasteiger partial charge in [-0.3, -0.25) is 9.59 Å². The Morgan fingerprint density at radius 3 is 2.76 bits per heavy atom. The molecular formula is C13H13FN4O2S. The Kier molecular flexibility index (Phi) is 4.59. The molecule has 21 heavy (non-hydrogen) atoms. The predicted octanol–water partition coefficient (Wildman–Crippen LogP) is 2.45. The highest BCUT2D eigenvalue weighted by Crippen LogP contribution is 2.21. The molecule has 0 saturated heterocycles. The van der Waals surface area contributed by atoms with Gasteiger partial charge in [0.05, 0.1) is 11.4 Å². The van der Waals surface area contributed by atoms with Crippen LogP contribution in [0.1, 0.15) is 29.2 Å². The Hall–Kier alpha value is -2.35. The van der Waals surface area contributed by atoms with Gasteiger partial charge in [-0.25, -0.2) is 4.39 Å². The lowest BCUT2D eigenvalue weighted by Gasteiger charge is -2.08. The highest BCUT2D eigenvalue weighted by Gasteiger charge is 2.17. The number of aromatic nitrogens is 2. The maximum Gasteiger partial charge on any atom is 0.269 e. The van der Waals surface area contributed by atoms with E-state index in [1.54, 1.807) is 0 Å². The Bertz CT molecular complexity index is 687. The molecule has 2 rings (SSSR count). The molecule has 0 fully saturated rings. The van der Waals surface area contributed by atoms with Crippen molar-refractivity contribution in [2.24, 2.45) is 0 Å². The Labute approximate surface area is 124 Å². The van der Waals surface area contributed by atoms with Gasteiger partial charge >= 0.3 is 0 Å². The molecule has 0 saturated carbocycles. The van der Waals surface area contributed by atoms with Crippen molar-refractivity contribution in [3.05, 3.63) is 34.6 Å². The second-order valence-corrected chi connectivity index (χ2v) is 4.99. The van der Waals surface area contributed by atoms with Crippen LogP contribution in [0.3, 0.4) is 0 Å². The van der Waals surface area contributed by atoms with Crippen molar-refractivity contribution >= 4 is 34.7 Å². The number of nitrogens with one attached hydrogen (secondary N) is 2. The molecule has 8 heteroatoms. The second kappa shape index (κ2) is 6.40. The van der Waals surface area contributed by atoms with E-state index in [-0.39, 0.29) is 11.6 Å². The van der Waals surface area contributed by atoms with Crippen LogP contribution in [0.15, 0.2) is 18.2 Å². The lowest BCUT2D eigenvalue weighted by Crippen LogP contribution is -2.14. The summed E-state index contributed by atoms with van der Waals surface area (Å²) in [6.07, 6.45) is 0.563. The number of nitrogens with zero attached hydrogens (tertiary/aromatic N) is 2. The first kappa shape index (κ1) is 15.0. The number of carbonyl (C=O) groups is 2. The zero-order valence-electron chi connectivity index (χ0n) is 11.4. The van der Waals surface area contributed by atoms with Crippen molar-refractivity contribution in [1.29, 1.82) is 0 Å². The average Bonchev–Trinajstić information content (AvgIpc) is 2.90. The van der Waals surface area contributed by atoms with Gasteiger partial charge in [-0.15, -0.1) is 5.10 Å². The number of aryl methyl sites for hydroxylation is 1. The molecule has 1 heterocycles. The molecule has 2 amide bonds. The highest BCUT2D eigenvalue weighted by atomic mass is 32.1. The molecular weight excluding hydrogens is 295 g/mol. The molecule has 0 radical (unpaired) electrons. The minimum absolute atomic E-state index is 0.0123. The van der Waals surface area contributed by atoms with Crippen molar-refractivity contribution in [2.75, 3.05) is 10.6 Å². The fourth-order valence-corrected chi connectivity index (χ4v) is 2.34. The summed E-state index contributed by atoms with van der Waals surface area (Å²) in [5.74, 6) is -1.34. The maximum atomic E-state index is 13.7. The van der Waals surface area contributed by atoms with Crippen molar-refractivity contribution in [3.8, 4) is 0 Å². The van der Waals surface area contributed by atoms with Crippen molar-refractivity contribution in [1.82, 2.24) is 9.59 Å². The number of hydrogen-bond acceptors (Lipinski definition) is 5. The van der Waals surface area contributed by atoms with Gasteiger partial charge in [-0.05, 0) is 36.2 Å². The standard InChI is InChI=1S/C13H13FN4O2S/c1-3-10-12(21-18-17-10)13(20)16-11-6-8(15-7(2)19)4-5-9(11)14/h4-6H,3H2,1-2H3,(H,15,19)(H,16,20). The van der Waals surface area contributed by atoms with Crippen molar-refractivity contribution in [3.63, 3.8) is 0 Å². The van der Waals surface area contributed by atoms with Gasteiger partial charge in [-0.2, -0.15) is 0 Å². The summed E-state index contributed by atoms with van der Waals surface area (Å²) in [6, 6.07) is 3.94. The Morgan fingerprint density at radius 1 is 1.33 bits per heavy atom. The first-order valence-electron chi connectivity index (χ1n) is 6.21. The molecule has 1 aromatic carbocycles. The summed E-state index contributed by atoms with van der Waals surface area (Å²) in [7, 11) is 0. The minimum Gasteiger partial charge on any atom is -0.326 e. The van der Waals surface area contributed by atoms with Crippen LogP contribution in [0, 0.1) is 5.82 Å². The first-order chi connectivity index (χ1) is 10.0. The van der Waals surface area contributed by atoms with Crippen LogP contribution in [-0.4, -0.2) is 21.4 Å².